The van der Waals surface area contributed by atoms with Crippen molar-refractivity contribution < 1.29 is 3.59 Å². The number of hydrogen-bond donors (Lipinski definition) is 0. The van der Waals surface area contributed by atoms with Gasteiger partial charge in [-0.1, -0.05) is 12.1 Å². The average molecular weight is 367 g/mol. The van der Waals surface area contributed by atoms with Crippen molar-refractivity contribution in [1.82, 2.24) is 0 Å². The highest BCUT2D eigenvalue weighted by Gasteiger charge is 2.14. The van der Waals surface area contributed by atoms with E-state index in [0.717, 1.165) is 14.6 Å². The molecule has 4 heteroatoms. The van der Waals surface area contributed by atoms with Crippen LogP contribution in [0.25, 0.3) is 10.9 Å². The van der Waals surface area contributed by atoms with E-state index in [1.165, 1.54) is 5.39 Å². The lowest BCUT2D eigenvalue weighted by molar-refractivity contribution is -0.456. The Bertz CT molecular complexity index is 468. The third-order valence-corrected chi connectivity index (χ3v) is 4.93. The summed E-state index contributed by atoms with van der Waals surface area (Å²) < 4.78 is 3.93. The molecule has 0 bridgehead atoms. The minimum Gasteiger partial charge on any atom is -0.108 e. The Kier molecular flexibility index (Phi) is 2.72. The third-order valence-electron chi connectivity index (χ3n) is 1.80. The van der Waals surface area contributed by atoms with E-state index in [4.69, 9.17) is 0 Å². The molecule has 0 saturated carbocycles. The Balaban J connectivity index is 2.94. The van der Waals surface area contributed by atoms with Crippen molar-refractivity contribution >= 4 is 58.9 Å². The first-order valence-electron chi connectivity index (χ1n) is 3.65. The van der Waals surface area contributed by atoms with Gasteiger partial charge < -0.3 is 0 Å². The fourth-order valence-corrected chi connectivity index (χ4v) is 2.67. The quantitative estimate of drug-likeness (QED) is 0.624. The van der Waals surface area contributed by atoms with Crippen molar-refractivity contribution in [2.45, 2.75) is 0 Å². The molecule has 1 aromatic heterocycles. The molecule has 0 atom stereocenters. The molecule has 0 aliphatic carbocycles. The molecule has 0 radical (unpaired) electrons. The molecule has 1 heterocycles. The summed E-state index contributed by atoms with van der Waals surface area (Å²) in [4.78, 5) is 0. The maximum atomic E-state index is 3.47. The molecular weight excluding hydrogens is 362 g/mol. The summed E-state index contributed by atoms with van der Waals surface area (Å²) in [5.74, 6) is 0. The van der Waals surface area contributed by atoms with Gasteiger partial charge in [0.1, 0.15) is 0 Å². The smallest absolute Gasteiger partial charge is 0.108 e. The standard InChI is InChI=1S/C9H5Br3N/c10-7-5-6-3-1-2-4-8(6)13(12)9(7)11/h1-5H/q+1. The maximum Gasteiger partial charge on any atom is 0.333 e. The number of nitrogens with zero attached hydrogens (tertiary/aromatic N) is 1. The lowest BCUT2D eigenvalue weighted by Gasteiger charge is -1.97. The second-order valence-electron chi connectivity index (χ2n) is 2.62. The molecule has 0 unspecified atom stereocenters. The summed E-state index contributed by atoms with van der Waals surface area (Å²) >= 11 is 10.4. The van der Waals surface area contributed by atoms with Crippen LogP contribution in [0, 0.1) is 0 Å². The van der Waals surface area contributed by atoms with Gasteiger partial charge in [0.2, 0.25) is 5.52 Å². The molecule has 0 N–H and O–H groups in total. The number of benzene rings is 1. The third kappa shape index (κ3) is 1.67. The largest absolute Gasteiger partial charge is 0.333 e. The van der Waals surface area contributed by atoms with Gasteiger partial charge in [0, 0.05) is 27.4 Å². The van der Waals surface area contributed by atoms with E-state index in [9.17, 15) is 0 Å². The lowest BCUT2D eigenvalue weighted by Crippen LogP contribution is -2.22. The van der Waals surface area contributed by atoms with Crippen LogP contribution in [0.5, 0.6) is 0 Å². The highest BCUT2D eigenvalue weighted by molar-refractivity contribution is 9.13. The van der Waals surface area contributed by atoms with E-state index >= 15 is 0 Å². The first-order chi connectivity index (χ1) is 6.20. The summed E-state index contributed by atoms with van der Waals surface area (Å²) in [6.07, 6.45) is 0. The molecule has 13 heavy (non-hydrogen) atoms. The summed E-state index contributed by atoms with van der Waals surface area (Å²) in [7, 11) is 0. The van der Waals surface area contributed by atoms with Gasteiger partial charge in [-0.2, -0.15) is 0 Å². The molecule has 0 aliphatic heterocycles. The Morgan fingerprint density at radius 2 is 1.77 bits per heavy atom. The number of pyridine rings is 1. The van der Waals surface area contributed by atoms with E-state index in [0.29, 0.717) is 0 Å². The molecule has 0 aliphatic rings. The van der Waals surface area contributed by atoms with Gasteiger partial charge in [-0.3, -0.25) is 0 Å². The summed E-state index contributed by atoms with van der Waals surface area (Å²) in [5, 5.41) is 1.19. The molecule has 0 spiro atoms. The summed E-state index contributed by atoms with van der Waals surface area (Å²) in [5.41, 5.74) is 1.14. The van der Waals surface area contributed by atoms with Crippen molar-refractivity contribution in [2.75, 3.05) is 0 Å². The monoisotopic (exact) mass is 364 g/mol. The van der Waals surface area contributed by atoms with Crippen LogP contribution < -0.4 is 3.59 Å². The zero-order valence-corrected chi connectivity index (χ0v) is 11.2. The van der Waals surface area contributed by atoms with Gasteiger partial charge in [0.15, 0.2) is 0 Å². The molecular formula is C9H5Br3N+. The minimum absolute atomic E-state index is 0.978. The second-order valence-corrected chi connectivity index (χ2v) is 4.94. The zero-order chi connectivity index (χ0) is 9.42. The Labute approximate surface area is 101 Å². The van der Waals surface area contributed by atoms with Crippen molar-refractivity contribution in [3.63, 3.8) is 0 Å². The zero-order valence-electron chi connectivity index (χ0n) is 6.47. The van der Waals surface area contributed by atoms with Crippen LogP contribution in [0.4, 0.5) is 0 Å². The van der Waals surface area contributed by atoms with Crippen LogP contribution in [0.15, 0.2) is 39.4 Å². The molecule has 2 aromatic rings. The normalized spacial score (nSPS) is 10.7. The fourth-order valence-electron chi connectivity index (χ4n) is 1.18. The van der Waals surface area contributed by atoms with E-state index in [2.05, 4.69) is 66.2 Å². The molecule has 0 fully saturated rings. The Morgan fingerprint density at radius 3 is 2.54 bits per heavy atom. The highest BCUT2D eigenvalue weighted by Crippen LogP contribution is 2.24. The topological polar surface area (TPSA) is 3.88 Å². The first-order valence-corrected chi connectivity index (χ1v) is 5.94. The Morgan fingerprint density at radius 1 is 1.08 bits per heavy atom. The minimum atomic E-state index is 0.978. The van der Waals surface area contributed by atoms with Gasteiger partial charge >= 0.3 is 16.1 Å². The lowest BCUT2D eigenvalue weighted by atomic mass is 10.2. The maximum absolute atomic E-state index is 3.47. The number of para-hydroxylation sites is 1. The van der Waals surface area contributed by atoms with E-state index in [1.54, 1.807) is 0 Å². The number of hydrogen-bond acceptors (Lipinski definition) is 0. The number of rotatable bonds is 0. The van der Waals surface area contributed by atoms with Crippen LogP contribution >= 0.6 is 48.0 Å². The number of aromatic nitrogens is 1. The van der Waals surface area contributed by atoms with Crippen LogP contribution in [-0.4, -0.2) is 0 Å². The van der Waals surface area contributed by atoms with Crippen molar-refractivity contribution in [3.05, 3.63) is 39.4 Å². The fraction of sp³-hybridized carbons (Fsp3) is 0. The predicted molar refractivity (Wildman–Crippen MR) is 63.9 cm³/mol. The van der Waals surface area contributed by atoms with Crippen LogP contribution in [0.1, 0.15) is 0 Å². The number of halogens is 3. The predicted octanol–water partition coefficient (Wildman–Crippen LogP) is 3.81. The van der Waals surface area contributed by atoms with Crippen LogP contribution in [0.2, 0.25) is 0 Å². The number of fused-ring (bicyclic) bond motifs is 1. The van der Waals surface area contributed by atoms with Crippen molar-refractivity contribution in [3.8, 4) is 0 Å². The van der Waals surface area contributed by atoms with Gasteiger partial charge in [0.25, 0.3) is 4.60 Å². The van der Waals surface area contributed by atoms with E-state index in [1.807, 2.05) is 15.7 Å². The van der Waals surface area contributed by atoms with Gasteiger partial charge in [-0.25, -0.2) is 0 Å². The molecule has 1 aromatic carbocycles. The van der Waals surface area contributed by atoms with E-state index < -0.39 is 0 Å². The van der Waals surface area contributed by atoms with Crippen molar-refractivity contribution in [1.29, 1.82) is 0 Å². The first kappa shape index (κ1) is 9.62. The molecule has 66 valence electrons. The molecule has 1 nitrogen and oxygen atoms in total. The van der Waals surface area contributed by atoms with Crippen LogP contribution in [0.3, 0.4) is 0 Å². The SMILES string of the molecule is Brc1cc2ccccc2[n+](Br)c1Br. The summed E-state index contributed by atoms with van der Waals surface area (Å²) in [6.45, 7) is 0. The van der Waals surface area contributed by atoms with Gasteiger partial charge in [-0.05, 0) is 28.1 Å². The average Bonchev–Trinajstić information content (AvgIpc) is 2.15. The molecule has 0 saturated heterocycles. The van der Waals surface area contributed by atoms with Gasteiger partial charge in [-0.15, -0.1) is 3.59 Å². The second kappa shape index (κ2) is 3.67. The Hall–Kier alpha value is 0.0700. The van der Waals surface area contributed by atoms with Crippen LogP contribution in [-0.2, 0) is 0 Å². The van der Waals surface area contributed by atoms with E-state index in [-0.39, 0.29) is 0 Å². The summed E-state index contributed by atoms with van der Waals surface area (Å²) in [6, 6.07) is 10.2. The highest BCUT2D eigenvalue weighted by atomic mass is 79.9. The van der Waals surface area contributed by atoms with Crippen molar-refractivity contribution in [2.24, 2.45) is 0 Å². The van der Waals surface area contributed by atoms with Gasteiger partial charge in [0.05, 0.1) is 4.47 Å². The molecule has 2 rings (SSSR count). The molecule has 0 amide bonds.